The third-order valence-electron chi connectivity index (χ3n) is 7.03. The number of carbonyl (C=O) groups is 3. The van der Waals surface area contributed by atoms with Crippen molar-refractivity contribution < 1.29 is 14.4 Å². The number of piperidine rings is 1. The number of carbonyl (C=O) groups excluding carboxylic acids is 3. The van der Waals surface area contributed by atoms with Crippen LogP contribution >= 0.6 is 0 Å². The number of hydrogen-bond acceptors (Lipinski definition) is 4. The molecule has 3 unspecified atom stereocenters. The van der Waals surface area contributed by atoms with Gasteiger partial charge in [-0.25, -0.2) is 0 Å². The third kappa shape index (κ3) is 4.96. The van der Waals surface area contributed by atoms with Crippen molar-refractivity contribution in [2.24, 2.45) is 17.8 Å². The van der Waals surface area contributed by atoms with E-state index >= 15 is 0 Å². The predicted octanol–water partition coefficient (Wildman–Crippen LogP) is 3.13. The van der Waals surface area contributed by atoms with E-state index in [4.69, 9.17) is 0 Å². The number of nitrogens with zero attached hydrogens (tertiary/aromatic N) is 2. The molecule has 32 heavy (non-hydrogen) atoms. The van der Waals surface area contributed by atoms with Crippen molar-refractivity contribution in [3.05, 3.63) is 48.0 Å². The quantitative estimate of drug-likeness (QED) is 0.526. The summed E-state index contributed by atoms with van der Waals surface area (Å²) < 4.78 is 0. The molecule has 1 aromatic rings. The lowest BCUT2D eigenvalue weighted by atomic mass is 9.85. The fourth-order valence-corrected chi connectivity index (χ4v) is 5.28. The average molecular weight is 438 g/mol. The van der Waals surface area contributed by atoms with Crippen LogP contribution in [0.4, 0.5) is 0 Å². The molecule has 4 rings (SSSR count). The Labute approximate surface area is 191 Å². The van der Waals surface area contributed by atoms with Gasteiger partial charge in [0.15, 0.2) is 0 Å². The Morgan fingerprint density at radius 2 is 1.59 bits per heavy atom. The molecule has 1 aliphatic carbocycles. The van der Waals surface area contributed by atoms with Gasteiger partial charge in [0.05, 0.1) is 11.8 Å². The van der Waals surface area contributed by atoms with Gasteiger partial charge in [-0.2, -0.15) is 0 Å². The van der Waals surface area contributed by atoms with Crippen molar-refractivity contribution in [1.82, 2.24) is 15.1 Å². The smallest absolute Gasteiger partial charge is 0.243 e. The van der Waals surface area contributed by atoms with Gasteiger partial charge in [0.1, 0.15) is 6.04 Å². The minimum atomic E-state index is -0.706. The molecule has 6 nitrogen and oxygen atoms in total. The maximum Gasteiger partial charge on any atom is 0.243 e. The van der Waals surface area contributed by atoms with Gasteiger partial charge < -0.3 is 5.32 Å². The first-order chi connectivity index (χ1) is 15.4. The summed E-state index contributed by atoms with van der Waals surface area (Å²) in [5, 5.41) is 3.18. The Morgan fingerprint density at radius 3 is 2.16 bits per heavy atom. The fourth-order valence-electron chi connectivity index (χ4n) is 5.28. The van der Waals surface area contributed by atoms with Crippen LogP contribution in [-0.2, 0) is 20.9 Å². The van der Waals surface area contributed by atoms with Gasteiger partial charge in [0, 0.05) is 25.7 Å². The second kappa shape index (κ2) is 9.99. The predicted molar refractivity (Wildman–Crippen MR) is 123 cm³/mol. The summed E-state index contributed by atoms with van der Waals surface area (Å²) in [6.45, 7) is 6.83. The maximum absolute atomic E-state index is 13.3. The molecule has 172 valence electrons. The number of rotatable bonds is 7. The highest BCUT2D eigenvalue weighted by molar-refractivity contribution is 6.08. The molecule has 0 bridgehead atoms. The topological polar surface area (TPSA) is 69.7 Å². The first kappa shape index (κ1) is 22.7. The minimum Gasteiger partial charge on any atom is -0.351 e. The van der Waals surface area contributed by atoms with Crippen LogP contribution in [0.2, 0.25) is 0 Å². The van der Waals surface area contributed by atoms with E-state index in [-0.39, 0.29) is 41.5 Å². The molecule has 2 heterocycles. The number of imide groups is 1. The highest BCUT2D eigenvalue weighted by atomic mass is 16.2. The fraction of sp³-hybridized carbons (Fsp3) is 0.577. The van der Waals surface area contributed by atoms with Gasteiger partial charge in [0.2, 0.25) is 17.7 Å². The van der Waals surface area contributed by atoms with E-state index in [1.54, 1.807) is 0 Å². The molecular formula is C26H35N3O3. The van der Waals surface area contributed by atoms with E-state index in [1.807, 2.05) is 32.1 Å². The Bertz CT molecular complexity index is 832. The summed E-state index contributed by atoms with van der Waals surface area (Å²) in [6.07, 6.45) is 7.42. The number of hydrogen-bond donors (Lipinski definition) is 1. The molecule has 2 aliphatic heterocycles. The zero-order valence-corrected chi connectivity index (χ0v) is 19.2. The minimum absolute atomic E-state index is 0.0842. The molecule has 0 spiro atoms. The van der Waals surface area contributed by atoms with Crippen molar-refractivity contribution >= 4 is 17.7 Å². The number of benzene rings is 1. The molecule has 0 radical (unpaired) electrons. The molecule has 2 saturated heterocycles. The molecule has 0 aromatic heterocycles. The molecule has 3 amide bonds. The van der Waals surface area contributed by atoms with Crippen molar-refractivity contribution in [2.45, 2.75) is 64.6 Å². The first-order valence-electron chi connectivity index (χ1n) is 12.0. The molecule has 1 N–H and O–H groups in total. The van der Waals surface area contributed by atoms with Crippen LogP contribution < -0.4 is 5.32 Å². The largest absolute Gasteiger partial charge is 0.351 e. The van der Waals surface area contributed by atoms with Gasteiger partial charge >= 0.3 is 0 Å². The summed E-state index contributed by atoms with van der Waals surface area (Å²) in [7, 11) is 0. The summed E-state index contributed by atoms with van der Waals surface area (Å²) in [4.78, 5) is 43.2. The highest BCUT2D eigenvalue weighted by Gasteiger charge is 2.51. The van der Waals surface area contributed by atoms with Crippen LogP contribution in [0.1, 0.15) is 51.5 Å². The number of allylic oxidation sites excluding steroid dienone is 2. The van der Waals surface area contributed by atoms with Crippen LogP contribution in [0, 0.1) is 17.8 Å². The van der Waals surface area contributed by atoms with E-state index in [1.165, 1.54) is 10.5 Å². The molecule has 6 heteroatoms. The van der Waals surface area contributed by atoms with Gasteiger partial charge in [-0.1, -0.05) is 56.3 Å². The van der Waals surface area contributed by atoms with E-state index in [0.717, 1.165) is 32.5 Å². The zero-order valence-electron chi connectivity index (χ0n) is 19.2. The molecular weight excluding hydrogens is 402 g/mol. The van der Waals surface area contributed by atoms with E-state index in [0.29, 0.717) is 19.3 Å². The van der Waals surface area contributed by atoms with Gasteiger partial charge in [0.25, 0.3) is 0 Å². The van der Waals surface area contributed by atoms with Crippen LogP contribution in [-0.4, -0.2) is 52.7 Å². The Balaban J connectivity index is 1.37. The summed E-state index contributed by atoms with van der Waals surface area (Å²) in [5.41, 5.74) is 1.30. The molecule has 1 aromatic carbocycles. The number of nitrogens with one attached hydrogen (secondary N) is 1. The van der Waals surface area contributed by atoms with E-state index in [9.17, 15) is 14.4 Å². The second-order valence-corrected chi connectivity index (χ2v) is 9.89. The van der Waals surface area contributed by atoms with Crippen molar-refractivity contribution in [2.75, 3.05) is 13.1 Å². The Hall–Kier alpha value is -2.47. The van der Waals surface area contributed by atoms with Crippen LogP contribution in [0.25, 0.3) is 0 Å². The lowest BCUT2D eigenvalue weighted by molar-refractivity contribution is -0.148. The highest BCUT2D eigenvalue weighted by Crippen LogP contribution is 2.37. The molecule has 3 atom stereocenters. The number of likely N-dealkylation sites (tertiary alicyclic amines) is 2. The zero-order chi connectivity index (χ0) is 22.7. The Kier molecular flexibility index (Phi) is 7.09. The van der Waals surface area contributed by atoms with Crippen LogP contribution in [0.3, 0.4) is 0 Å². The monoisotopic (exact) mass is 437 g/mol. The van der Waals surface area contributed by atoms with Crippen LogP contribution in [0.15, 0.2) is 42.5 Å². The summed E-state index contributed by atoms with van der Waals surface area (Å²) in [5.74, 6) is -0.883. The Morgan fingerprint density at radius 1 is 1.00 bits per heavy atom. The van der Waals surface area contributed by atoms with Gasteiger partial charge in [-0.05, 0) is 43.6 Å². The molecule has 3 aliphatic rings. The molecule has 0 saturated carbocycles. The van der Waals surface area contributed by atoms with Crippen LogP contribution in [0.5, 0.6) is 0 Å². The van der Waals surface area contributed by atoms with Crippen molar-refractivity contribution in [3.63, 3.8) is 0 Å². The number of amides is 3. The van der Waals surface area contributed by atoms with Crippen molar-refractivity contribution in [1.29, 1.82) is 0 Å². The van der Waals surface area contributed by atoms with Crippen molar-refractivity contribution in [3.8, 4) is 0 Å². The average Bonchev–Trinajstić information content (AvgIpc) is 3.04. The van der Waals surface area contributed by atoms with Gasteiger partial charge in [-0.3, -0.25) is 24.2 Å². The lowest BCUT2D eigenvalue weighted by Gasteiger charge is -2.34. The first-order valence-corrected chi connectivity index (χ1v) is 12.0. The molecule has 2 fully saturated rings. The second-order valence-electron chi connectivity index (χ2n) is 9.89. The van der Waals surface area contributed by atoms with E-state index < -0.39 is 6.04 Å². The number of fused-ring (bicyclic) bond motifs is 1. The SMILES string of the molecule is CC(C)CC(C(=O)NC1CCN(Cc2ccccc2)CC1)N1C(=O)C2CC=CCC2C1=O. The normalized spacial score (nSPS) is 25.3. The summed E-state index contributed by atoms with van der Waals surface area (Å²) in [6, 6.07) is 9.81. The maximum atomic E-state index is 13.3. The standard InChI is InChI=1S/C26H35N3O3/c1-18(2)16-23(29-25(31)21-10-6-7-11-22(21)26(29)32)24(30)27-20-12-14-28(15-13-20)17-19-8-4-3-5-9-19/h3-9,18,20-23H,10-17H2,1-2H3,(H,27,30). The third-order valence-corrected chi connectivity index (χ3v) is 7.03. The summed E-state index contributed by atoms with van der Waals surface area (Å²) >= 11 is 0. The van der Waals surface area contributed by atoms with E-state index in [2.05, 4.69) is 34.5 Å². The van der Waals surface area contributed by atoms with Gasteiger partial charge in [-0.15, -0.1) is 0 Å². The lowest BCUT2D eigenvalue weighted by Crippen LogP contribution is -2.54.